The molecule has 0 aromatic rings. The van der Waals surface area contributed by atoms with E-state index in [2.05, 4.69) is 74.6 Å². The first-order valence-electron chi connectivity index (χ1n) is 22.8. The molecule has 0 amide bonds. The molecule has 312 valence electrons. The Bertz CT molecular complexity index is 946. The highest BCUT2D eigenvalue weighted by Crippen LogP contribution is 2.14. The molecule has 1 atom stereocenters. The van der Waals surface area contributed by atoms with Crippen LogP contribution >= 0.6 is 0 Å². The summed E-state index contributed by atoms with van der Waals surface area (Å²) in [6.07, 6.45) is 58.7. The lowest BCUT2D eigenvalue weighted by Crippen LogP contribution is -2.28. The molecule has 1 unspecified atom stereocenters. The van der Waals surface area contributed by atoms with E-state index in [-0.39, 0.29) is 25.2 Å². The van der Waals surface area contributed by atoms with Crippen LogP contribution in [0.15, 0.2) is 60.8 Å². The fourth-order valence-electron chi connectivity index (χ4n) is 6.30. The van der Waals surface area contributed by atoms with E-state index >= 15 is 0 Å². The lowest BCUT2D eigenvalue weighted by Gasteiger charge is -2.15. The van der Waals surface area contributed by atoms with Gasteiger partial charge in [0.1, 0.15) is 6.61 Å². The van der Waals surface area contributed by atoms with Gasteiger partial charge in [0, 0.05) is 12.8 Å². The number of aliphatic hydroxyl groups excluding tert-OH is 1. The lowest BCUT2D eigenvalue weighted by atomic mass is 10.0. The molecule has 0 aliphatic heterocycles. The molecule has 0 aliphatic rings. The maximum atomic E-state index is 12.2. The molecule has 0 fully saturated rings. The monoisotopic (exact) mass is 755 g/mol. The second-order valence-electron chi connectivity index (χ2n) is 15.1. The second-order valence-corrected chi connectivity index (χ2v) is 15.1. The van der Waals surface area contributed by atoms with Gasteiger partial charge in [-0.15, -0.1) is 0 Å². The number of carbonyl (C=O) groups excluding carboxylic acids is 2. The minimum absolute atomic E-state index is 0.0750. The lowest BCUT2D eigenvalue weighted by molar-refractivity contribution is -0.161. The third kappa shape index (κ3) is 42.3. The molecule has 1 N–H and O–H groups in total. The van der Waals surface area contributed by atoms with Crippen LogP contribution in [-0.4, -0.2) is 36.4 Å². The topological polar surface area (TPSA) is 72.8 Å². The summed E-state index contributed by atoms with van der Waals surface area (Å²) in [6, 6.07) is 0. The molecule has 0 aromatic carbocycles. The number of hydrogen-bond acceptors (Lipinski definition) is 5. The van der Waals surface area contributed by atoms with Crippen LogP contribution in [0.4, 0.5) is 0 Å². The number of allylic oxidation sites excluding steroid dienone is 10. The van der Waals surface area contributed by atoms with Gasteiger partial charge < -0.3 is 14.6 Å². The standard InChI is InChI=1S/C49H86O5/c1-3-5-7-9-11-13-15-17-18-19-20-21-22-23-24-25-26-27-28-29-30-32-34-36-38-40-42-44-49(52)54-47(45-50)46-53-48(51)43-41-39-37-35-33-31-16-14-12-10-8-6-4-2/h8,10,14-17,19-20,22-23,47,50H,3-7,9,11-13,18,21,24-46H2,1-2H3/b10-8-,16-14-,17-15-,20-19-,23-22-. The molecule has 5 heteroatoms. The summed E-state index contributed by atoms with van der Waals surface area (Å²) in [5.41, 5.74) is 0. The van der Waals surface area contributed by atoms with Gasteiger partial charge in [0.25, 0.3) is 0 Å². The maximum Gasteiger partial charge on any atom is 0.306 e. The van der Waals surface area contributed by atoms with Gasteiger partial charge in [-0.05, 0) is 77.0 Å². The first-order valence-corrected chi connectivity index (χ1v) is 22.8. The first-order chi connectivity index (χ1) is 26.6. The Morgan fingerprint density at radius 1 is 0.426 bits per heavy atom. The Morgan fingerprint density at radius 2 is 0.778 bits per heavy atom. The number of esters is 2. The van der Waals surface area contributed by atoms with Crippen molar-refractivity contribution in [1.29, 1.82) is 0 Å². The Balaban J connectivity index is 3.52. The molecule has 5 nitrogen and oxygen atoms in total. The smallest absolute Gasteiger partial charge is 0.306 e. The minimum Gasteiger partial charge on any atom is -0.462 e. The second kappa shape index (κ2) is 45.0. The molecular weight excluding hydrogens is 669 g/mol. The zero-order valence-corrected chi connectivity index (χ0v) is 35.5. The highest BCUT2D eigenvalue weighted by atomic mass is 16.6. The Hall–Kier alpha value is -2.40. The third-order valence-corrected chi connectivity index (χ3v) is 9.76. The van der Waals surface area contributed by atoms with Crippen molar-refractivity contribution in [3.05, 3.63) is 60.8 Å². The summed E-state index contributed by atoms with van der Waals surface area (Å²) >= 11 is 0. The molecule has 54 heavy (non-hydrogen) atoms. The molecular formula is C49H86O5. The van der Waals surface area contributed by atoms with Crippen molar-refractivity contribution in [3.63, 3.8) is 0 Å². The zero-order valence-electron chi connectivity index (χ0n) is 35.5. The van der Waals surface area contributed by atoms with Gasteiger partial charge in [-0.3, -0.25) is 9.59 Å². The van der Waals surface area contributed by atoms with E-state index in [1.165, 1.54) is 122 Å². The third-order valence-electron chi connectivity index (χ3n) is 9.76. The summed E-state index contributed by atoms with van der Waals surface area (Å²) in [5, 5.41) is 9.58. The summed E-state index contributed by atoms with van der Waals surface area (Å²) in [5.74, 6) is -0.609. The molecule has 0 rings (SSSR count). The van der Waals surface area contributed by atoms with Gasteiger partial charge in [-0.2, -0.15) is 0 Å². The number of ether oxygens (including phenoxy) is 2. The normalized spacial score (nSPS) is 12.7. The van der Waals surface area contributed by atoms with Gasteiger partial charge in [0.15, 0.2) is 6.10 Å². The van der Waals surface area contributed by atoms with E-state index in [1.54, 1.807) is 0 Å². The molecule has 0 spiro atoms. The fraction of sp³-hybridized carbons (Fsp3) is 0.755. The molecule has 0 heterocycles. The van der Waals surface area contributed by atoms with Crippen LogP contribution in [0.1, 0.15) is 219 Å². The first kappa shape index (κ1) is 51.6. The zero-order chi connectivity index (χ0) is 39.3. The van der Waals surface area contributed by atoms with E-state index in [4.69, 9.17) is 9.47 Å². The number of hydrogen-bond donors (Lipinski definition) is 1. The molecule has 0 aromatic heterocycles. The van der Waals surface area contributed by atoms with Gasteiger partial charge >= 0.3 is 11.9 Å². The van der Waals surface area contributed by atoms with Gasteiger partial charge in [0.2, 0.25) is 0 Å². The van der Waals surface area contributed by atoms with E-state index in [1.807, 2.05) is 0 Å². The number of carbonyl (C=O) groups is 2. The molecule has 0 saturated heterocycles. The van der Waals surface area contributed by atoms with Crippen LogP contribution in [0.3, 0.4) is 0 Å². The summed E-state index contributed by atoms with van der Waals surface area (Å²) in [4.78, 5) is 24.3. The minimum atomic E-state index is -0.779. The SMILES string of the molecule is CCC/C=C\C/C=C\CCCCCCCC(=O)OCC(CO)OC(=O)CCCCCCCCCCCCCC/C=C\C/C=C\C/C=C\CCCCCCC. The quantitative estimate of drug-likeness (QED) is 0.0382. The fourth-order valence-corrected chi connectivity index (χ4v) is 6.30. The predicted molar refractivity (Wildman–Crippen MR) is 233 cm³/mol. The van der Waals surface area contributed by atoms with Crippen LogP contribution in [0.2, 0.25) is 0 Å². The van der Waals surface area contributed by atoms with E-state index in [0.717, 1.165) is 70.6 Å². The van der Waals surface area contributed by atoms with Crippen LogP contribution in [-0.2, 0) is 19.1 Å². The Kier molecular flexibility index (Phi) is 43.0. The Morgan fingerprint density at radius 3 is 1.19 bits per heavy atom. The largest absolute Gasteiger partial charge is 0.462 e. The highest BCUT2D eigenvalue weighted by Gasteiger charge is 2.16. The van der Waals surface area contributed by atoms with Crippen molar-refractivity contribution >= 4 is 11.9 Å². The Labute approximate surface area is 334 Å². The summed E-state index contributed by atoms with van der Waals surface area (Å²) < 4.78 is 10.6. The van der Waals surface area contributed by atoms with Crippen molar-refractivity contribution in [2.75, 3.05) is 13.2 Å². The van der Waals surface area contributed by atoms with Crippen LogP contribution in [0.25, 0.3) is 0 Å². The summed E-state index contributed by atoms with van der Waals surface area (Å²) in [6.45, 7) is 4.05. The molecule has 0 aliphatic carbocycles. The van der Waals surface area contributed by atoms with Crippen LogP contribution in [0.5, 0.6) is 0 Å². The number of rotatable bonds is 41. The van der Waals surface area contributed by atoms with Crippen molar-refractivity contribution < 1.29 is 24.2 Å². The predicted octanol–water partition coefficient (Wildman–Crippen LogP) is 14.7. The van der Waals surface area contributed by atoms with Gasteiger partial charge in [0.05, 0.1) is 6.61 Å². The molecule has 0 saturated carbocycles. The summed E-state index contributed by atoms with van der Waals surface area (Å²) in [7, 11) is 0. The van der Waals surface area contributed by atoms with E-state index < -0.39 is 6.10 Å². The van der Waals surface area contributed by atoms with Crippen LogP contribution < -0.4 is 0 Å². The number of aliphatic hydroxyl groups is 1. The highest BCUT2D eigenvalue weighted by molar-refractivity contribution is 5.70. The van der Waals surface area contributed by atoms with Crippen molar-refractivity contribution in [1.82, 2.24) is 0 Å². The van der Waals surface area contributed by atoms with E-state index in [0.29, 0.717) is 12.8 Å². The van der Waals surface area contributed by atoms with Crippen molar-refractivity contribution in [2.45, 2.75) is 225 Å². The average molecular weight is 755 g/mol. The van der Waals surface area contributed by atoms with Crippen molar-refractivity contribution in [2.24, 2.45) is 0 Å². The van der Waals surface area contributed by atoms with E-state index in [9.17, 15) is 14.7 Å². The van der Waals surface area contributed by atoms with Crippen molar-refractivity contribution in [3.8, 4) is 0 Å². The number of unbranched alkanes of at least 4 members (excludes halogenated alkanes) is 23. The average Bonchev–Trinajstić information content (AvgIpc) is 3.17. The van der Waals surface area contributed by atoms with Gasteiger partial charge in [-0.1, -0.05) is 190 Å². The van der Waals surface area contributed by atoms with Gasteiger partial charge in [-0.25, -0.2) is 0 Å². The molecule has 0 bridgehead atoms. The maximum absolute atomic E-state index is 12.2. The molecule has 0 radical (unpaired) electrons. The van der Waals surface area contributed by atoms with Crippen LogP contribution in [0, 0.1) is 0 Å².